The van der Waals surface area contributed by atoms with Gasteiger partial charge in [-0.1, -0.05) is 27.5 Å². The minimum Gasteiger partial charge on any atom is -0.354 e. The number of benzene rings is 1. The lowest BCUT2D eigenvalue weighted by molar-refractivity contribution is -0.883. The molecule has 7 heteroatoms. The fraction of sp³-hybridized carbons (Fsp3) is 0.333. The zero-order chi connectivity index (χ0) is 15.9. The molecule has 0 atom stereocenters. The van der Waals surface area contributed by atoms with E-state index < -0.39 is 5.91 Å². The Morgan fingerprint density at radius 3 is 2.27 bits per heavy atom. The smallest absolute Gasteiger partial charge is 0.283 e. The van der Waals surface area contributed by atoms with Crippen LogP contribution < -0.4 is 9.80 Å². The Morgan fingerprint density at radius 2 is 1.68 bits per heavy atom. The number of hydrogen-bond acceptors (Lipinski definition) is 3. The van der Waals surface area contributed by atoms with Gasteiger partial charge >= 0.3 is 0 Å². The first kappa shape index (κ1) is 15.5. The van der Waals surface area contributed by atoms with E-state index in [1.807, 2.05) is 4.90 Å². The van der Waals surface area contributed by atoms with Crippen molar-refractivity contribution in [3.63, 3.8) is 0 Å². The van der Waals surface area contributed by atoms with Crippen LogP contribution in [0.4, 0.5) is 5.69 Å². The third-order valence-electron chi connectivity index (χ3n) is 4.02. The van der Waals surface area contributed by atoms with Gasteiger partial charge in [-0.05, 0) is 24.3 Å². The van der Waals surface area contributed by atoms with Gasteiger partial charge in [-0.25, -0.2) is 4.90 Å². The molecule has 0 saturated carbocycles. The Morgan fingerprint density at radius 1 is 1.09 bits per heavy atom. The fourth-order valence-corrected chi connectivity index (χ4v) is 3.25. The normalized spacial score (nSPS) is 20.3. The zero-order valence-electron chi connectivity index (χ0n) is 12.1. The third kappa shape index (κ3) is 2.66. The number of carbonyl (C=O) groups is 2. The molecule has 0 bridgehead atoms. The molecule has 2 heterocycles. The quantitative estimate of drug-likeness (QED) is 0.759. The van der Waals surface area contributed by atoms with Crippen LogP contribution in [-0.2, 0) is 9.59 Å². The molecule has 0 radical (unpaired) electrons. The summed E-state index contributed by atoms with van der Waals surface area (Å²) in [6.07, 6.45) is 0. The molecule has 3 rings (SSSR count). The van der Waals surface area contributed by atoms with Crippen molar-refractivity contribution in [2.75, 3.05) is 38.1 Å². The molecule has 1 aromatic carbocycles. The zero-order valence-corrected chi connectivity index (χ0v) is 14.4. The maximum absolute atomic E-state index is 12.7. The van der Waals surface area contributed by atoms with Crippen LogP contribution in [-0.4, -0.2) is 49.9 Å². The molecule has 1 aromatic rings. The summed E-state index contributed by atoms with van der Waals surface area (Å²) in [5.41, 5.74) is 0.869. The summed E-state index contributed by atoms with van der Waals surface area (Å²) in [5, 5.41) is 0.0208. The maximum Gasteiger partial charge on any atom is 0.283 e. The topological polar surface area (TPSA) is 45.1 Å². The molecule has 1 saturated heterocycles. The predicted octanol–water partition coefficient (Wildman–Crippen LogP) is 0.603. The second-order valence-corrected chi connectivity index (χ2v) is 6.82. The summed E-state index contributed by atoms with van der Waals surface area (Å²) in [5.74, 6) is -0.785. The van der Waals surface area contributed by atoms with E-state index in [0.29, 0.717) is 11.4 Å². The lowest BCUT2D eigenvalue weighted by atomic mass is 10.2. The summed E-state index contributed by atoms with van der Waals surface area (Å²) in [4.78, 5) is 29.6. The fourth-order valence-electron chi connectivity index (χ4n) is 2.70. The van der Waals surface area contributed by atoms with Gasteiger partial charge in [0.1, 0.15) is 10.7 Å². The highest BCUT2D eigenvalue weighted by atomic mass is 79.9. The van der Waals surface area contributed by atoms with Gasteiger partial charge in [0, 0.05) is 4.47 Å². The van der Waals surface area contributed by atoms with Crippen molar-refractivity contribution in [3.8, 4) is 0 Å². The summed E-state index contributed by atoms with van der Waals surface area (Å²) < 4.78 is 0.886. The molecule has 5 nitrogen and oxygen atoms in total. The number of carbonyl (C=O) groups excluding carboxylic acids is 2. The number of anilines is 1. The average molecular weight is 386 g/mol. The second kappa shape index (κ2) is 6.02. The van der Waals surface area contributed by atoms with Crippen LogP contribution in [0.25, 0.3) is 0 Å². The Kier molecular flexibility index (Phi) is 4.25. The Bertz CT molecular complexity index is 651. The number of likely N-dealkylation sites (N-methyl/N-ethyl adjacent to an activating group) is 1. The molecule has 0 aliphatic carbocycles. The van der Waals surface area contributed by atoms with E-state index in [-0.39, 0.29) is 10.9 Å². The first-order chi connectivity index (χ1) is 10.5. The lowest BCUT2D eigenvalue weighted by Gasteiger charge is -2.31. The van der Waals surface area contributed by atoms with Crippen LogP contribution in [0.3, 0.4) is 0 Å². The lowest BCUT2D eigenvalue weighted by Crippen LogP contribution is -3.11. The van der Waals surface area contributed by atoms with Gasteiger partial charge in [-0.2, -0.15) is 0 Å². The van der Waals surface area contributed by atoms with Crippen molar-refractivity contribution < 1.29 is 14.5 Å². The molecule has 2 aliphatic rings. The van der Waals surface area contributed by atoms with Gasteiger partial charge in [0.2, 0.25) is 0 Å². The highest BCUT2D eigenvalue weighted by Crippen LogP contribution is 2.31. The van der Waals surface area contributed by atoms with E-state index in [9.17, 15) is 9.59 Å². The number of nitrogens with zero attached hydrogens (tertiary/aromatic N) is 2. The molecular formula is C15H16BrClN3O2+. The molecule has 0 aromatic heterocycles. The SMILES string of the molecule is C[NH+]1CCN(C2=C(Cl)C(=O)N(c3ccc(Br)cc3)C2=O)CC1. The second-order valence-electron chi connectivity index (χ2n) is 5.53. The summed E-state index contributed by atoms with van der Waals surface area (Å²) in [6, 6.07) is 7.03. The minimum absolute atomic E-state index is 0.0208. The van der Waals surface area contributed by atoms with E-state index in [4.69, 9.17) is 11.6 Å². The van der Waals surface area contributed by atoms with Gasteiger partial charge < -0.3 is 9.80 Å². The molecule has 2 aliphatic heterocycles. The van der Waals surface area contributed by atoms with E-state index in [2.05, 4.69) is 23.0 Å². The number of amides is 2. The monoisotopic (exact) mass is 384 g/mol. The number of imide groups is 1. The highest BCUT2D eigenvalue weighted by Gasteiger charge is 2.42. The van der Waals surface area contributed by atoms with Crippen molar-refractivity contribution in [3.05, 3.63) is 39.5 Å². The first-order valence-corrected chi connectivity index (χ1v) is 8.26. The van der Waals surface area contributed by atoms with Crippen molar-refractivity contribution in [1.29, 1.82) is 0 Å². The molecule has 0 spiro atoms. The van der Waals surface area contributed by atoms with Crippen molar-refractivity contribution in [1.82, 2.24) is 4.90 Å². The number of quaternary nitrogens is 1. The maximum atomic E-state index is 12.7. The van der Waals surface area contributed by atoms with E-state index in [0.717, 1.165) is 35.6 Å². The van der Waals surface area contributed by atoms with E-state index in [1.165, 1.54) is 4.90 Å². The van der Waals surface area contributed by atoms with Crippen LogP contribution in [0, 0.1) is 0 Å². The van der Waals surface area contributed by atoms with Crippen LogP contribution in [0.2, 0.25) is 0 Å². The number of nitrogens with one attached hydrogen (secondary N) is 1. The van der Waals surface area contributed by atoms with Crippen LogP contribution >= 0.6 is 27.5 Å². The summed E-state index contributed by atoms with van der Waals surface area (Å²) >= 11 is 9.52. The molecular weight excluding hydrogens is 370 g/mol. The Hall–Kier alpha value is -1.37. The third-order valence-corrected chi connectivity index (χ3v) is 4.89. The number of piperazine rings is 1. The Labute approximate surface area is 142 Å². The molecule has 116 valence electrons. The summed E-state index contributed by atoms with van der Waals surface area (Å²) in [7, 11) is 2.11. The standard InChI is InChI=1S/C15H15BrClN3O2/c1-18-6-8-19(9-7-18)13-12(17)14(21)20(15(13)22)11-4-2-10(16)3-5-11/h2-5H,6-9H2,1H3/p+1. The van der Waals surface area contributed by atoms with E-state index >= 15 is 0 Å². The molecule has 2 amide bonds. The van der Waals surface area contributed by atoms with Crippen molar-refractivity contribution >= 4 is 45.0 Å². The average Bonchev–Trinajstić information content (AvgIpc) is 2.72. The van der Waals surface area contributed by atoms with Gasteiger partial charge in [-0.15, -0.1) is 0 Å². The van der Waals surface area contributed by atoms with Crippen LogP contribution in [0.5, 0.6) is 0 Å². The minimum atomic E-state index is -0.449. The Balaban J connectivity index is 1.88. The van der Waals surface area contributed by atoms with Crippen LogP contribution in [0.15, 0.2) is 39.5 Å². The number of halogens is 2. The van der Waals surface area contributed by atoms with Crippen molar-refractivity contribution in [2.24, 2.45) is 0 Å². The van der Waals surface area contributed by atoms with Gasteiger partial charge in [-0.3, -0.25) is 9.59 Å². The van der Waals surface area contributed by atoms with Gasteiger partial charge in [0.25, 0.3) is 11.8 Å². The number of hydrogen-bond donors (Lipinski definition) is 1. The molecule has 22 heavy (non-hydrogen) atoms. The molecule has 1 N–H and O–H groups in total. The highest BCUT2D eigenvalue weighted by molar-refractivity contribution is 9.10. The van der Waals surface area contributed by atoms with Crippen molar-refractivity contribution in [2.45, 2.75) is 0 Å². The van der Waals surface area contributed by atoms with Gasteiger partial charge in [0.05, 0.1) is 38.9 Å². The first-order valence-electron chi connectivity index (χ1n) is 7.09. The van der Waals surface area contributed by atoms with E-state index in [1.54, 1.807) is 24.3 Å². The molecule has 1 fully saturated rings. The van der Waals surface area contributed by atoms with Gasteiger partial charge in [0.15, 0.2) is 0 Å². The largest absolute Gasteiger partial charge is 0.354 e. The molecule has 0 unspecified atom stereocenters. The predicted molar refractivity (Wildman–Crippen MR) is 87.7 cm³/mol. The van der Waals surface area contributed by atoms with Crippen LogP contribution in [0.1, 0.15) is 0 Å². The summed E-state index contributed by atoms with van der Waals surface area (Å²) in [6.45, 7) is 3.30. The number of rotatable bonds is 2.